The lowest BCUT2D eigenvalue weighted by molar-refractivity contribution is 0.102. The molecule has 116 valence electrons. The van der Waals surface area contributed by atoms with E-state index in [-0.39, 0.29) is 18.2 Å². The van der Waals surface area contributed by atoms with E-state index in [9.17, 15) is 4.79 Å². The van der Waals surface area contributed by atoms with Crippen LogP contribution in [0.4, 0.5) is 5.69 Å². The summed E-state index contributed by atoms with van der Waals surface area (Å²) < 4.78 is 2.05. The molecule has 22 heavy (non-hydrogen) atoms. The van der Waals surface area contributed by atoms with Crippen LogP contribution in [-0.2, 0) is 13.0 Å². The van der Waals surface area contributed by atoms with Crippen molar-refractivity contribution in [2.24, 2.45) is 4.99 Å². The number of carbonyl (C=O) groups excluding carboxylic acids is 1. The zero-order chi connectivity index (χ0) is 15.4. The van der Waals surface area contributed by atoms with Gasteiger partial charge in [-0.15, -0.1) is 12.4 Å². The summed E-state index contributed by atoms with van der Waals surface area (Å²) in [4.78, 5) is 17.9. The van der Waals surface area contributed by atoms with Crippen LogP contribution in [0.25, 0.3) is 0 Å². The maximum Gasteiger partial charge on any atom is 0.190 e. The molecule has 2 rings (SSSR count). The van der Waals surface area contributed by atoms with E-state index in [1.54, 1.807) is 6.92 Å². The van der Waals surface area contributed by atoms with Gasteiger partial charge in [0, 0.05) is 19.2 Å². The van der Waals surface area contributed by atoms with E-state index in [1.807, 2.05) is 42.7 Å². The van der Waals surface area contributed by atoms with Crippen LogP contribution in [0.3, 0.4) is 0 Å². The quantitative estimate of drug-likeness (QED) is 0.798. The molecule has 6 heteroatoms. The third-order valence-electron chi connectivity index (χ3n) is 3.24. The van der Waals surface area contributed by atoms with Gasteiger partial charge in [-0.1, -0.05) is 23.5 Å². The van der Waals surface area contributed by atoms with Gasteiger partial charge in [-0.3, -0.25) is 4.79 Å². The maximum atomic E-state index is 11.6. The van der Waals surface area contributed by atoms with Crippen LogP contribution >= 0.6 is 23.7 Å². The number of aromatic nitrogens is 1. The molecule has 0 N–H and O–H groups in total. The van der Waals surface area contributed by atoms with Crippen LogP contribution < -0.4 is 4.80 Å². The second kappa shape index (κ2) is 7.92. The van der Waals surface area contributed by atoms with Crippen molar-refractivity contribution in [3.63, 3.8) is 0 Å². The Kier molecular flexibility index (Phi) is 6.54. The van der Waals surface area contributed by atoms with Crippen molar-refractivity contribution < 1.29 is 4.79 Å². The number of hydrogen-bond acceptors (Lipinski definition) is 4. The summed E-state index contributed by atoms with van der Waals surface area (Å²) >= 11 is 1.42. The van der Waals surface area contributed by atoms with E-state index >= 15 is 0 Å². The Morgan fingerprint density at radius 1 is 1.36 bits per heavy atom. The monoisotopic (exact) mass is 335 g/mol. The molecular weight excluding hydrogens is 318 g/mol. The topological polar surface area (TPSA) is 58.1 Å². The molecule has 1 aromatic heterocycles. The van der Waals surface area contributed by atoms with Gasteiger partial charge in [0.25, 0.3) is 0 Å². The molecule has 0 aliphatic carbocycles. The number of Topliss-reactive ketones (excluding diaryl/α,β-unsaturated/α-hetero) is 1. The fourth-order valence-corrected chi connectivity index (χ4v) is 3.27. The third kappa shape index (κ3) is 3.85. The van der Waals surface area contributed by atoms with Crippen LogP contribution in [0, 0.1) is 18.3 Å². The molecule has 4 nitrogen and oxygen atoms in total. The van der Waals surface area contributed by atoms with Crippen molar-refractivity contribution in [1.29, 1.82) is 5.26 Å². The number of halogens is 1. The first-order valence-corrected chi connectivity index (χ1v) is 7.60. The molecule has 0 unspecified atom stereocenters. The van der Waals surface area contributed by atoms with Crippen LogP contribution in [0.2, 0.25) is 0 Å². The first-order chi connectivity index (χ1) is 10.1. The summed E-state index contributed by atoms with van der Waals surface area (Å²) in [5, 5.41) is 8.67. The normalized spacial score (nSPS) is 10.9. The molecule has 1 heterocycles. The Balaban J connectivity index is 0.00000242. The highest BCUT2D eigenvalue weighted by atomic mass is 35.5. The Hall–Kier alpha value is -1.90. The number of carbonyl (C=O) groups is 1. The predicted molar refractivity (Wildman–Crippen MR) is 91.0 cm³/mol. The molecule has 0 spiro atoms. The summed E-state index contributed by atoms with van der Waals surface area (Å²) in [6.07, 6.45) is 0.405. The van der Waals surface area contributed by atoms with Crippen molar-refractivity contribution in [2.45, 2.75) is 33.7 Å². The lowest BCUT2D eigenvalue weighted by atomic mass is 10.1. The van der Waals surface area contributed by atoms with Crippen molar-refractivity contribution >= 4 is 35.2 Å². The number of rotatable bonds is 4. The van der Waals surface area contributed by atoms with E-state index in [1.165, 1.54) is 11.3 Å². The molecule has 0 amide bonds. The van der Waals surface area contributed by atoms with Gasteiger partial charge < -0.3 is 4.57 Å². The number of nitrogens with zero attached hydrogens (tertiary/aromatic N) is 3. The Labute approximate surface area is 140 Å². The molecule has 0 radical (unpaired) electrons. The molecule has 0 aliphatic rings. The van der Waals surface area contributed by atoms with Gasteiger partial charge in [0.1, 0.15) is 0 Å². The zero-order valence-electron chi connectivity index (χ0n) is 12.8. The molecule has 0 bridgehead atoms. The van der Waals surface area contributed by atoms with Gasteiger partial charge in [-0.05, 0) is 31.5 Å². The second-order valence-corrected chi connectivity index (χ2v) is 5.69. The van der Waals surface area contributed by atoms with Crippen LogP contribution in [-0.4, -0.2) is 10.4 Å². The van der Waals surface area contributed by atoms with Gasteiger partial charge in [0.2, 0.25) is 0 Å². The van der Waals surface area contributed by atoms with Crippen LogP contribution in [0.15, 0.2) is 29.3 Å². The fraction of sp³-hybridized carbons (Fsp3) is 0.312. The van der Waals surface area contributed by atoms with Gasteiger partial charge in [-0.2, -0.15) is 5.26 Å². The van der Waals surface area contributed by atoms with Crippen molar-refractivity contribution in [3.05, 3.63) is 45.2 Å². The summed E-state index contributed by atoms with van der Waals surface area (Å²) in [5.74, 6) is 0.0746. The number of nitriles is 1. The Morgan fingerprint density at radius 2 is 2.00 bits per heavy atom. The first-order valence-electron chi connectivity index (χ1n) is 6.78. The van der Waals surface area contributed by atoms with Crippen molar-refractivity contribution in [3.8, 4) is 6.07 Å². The average Bonchev–Trinajstić information content (AvgIpc) is 2.77. The molecule has 0 atom stereocenters. The molecule has 0 aliphatic heterocycles. The minimum Gasteiger partial charge on any atom is -0.321 e. The third-order valence-corrected chi connectivity index (χ3v) is 4.52. The Morgan fingerprint density at radius 3 is 2.50 bits per heavy atom. The number of benzene rings is 1. The smallest absolute Gasteiger partial charge is 0.190 e. The minimum absolute atomic E-state index is 0. The zero-order valence-corrected chi connectivity index (χ0v) is 14.4. The predicted octanol–water partition coefficient (Wildman–Crippen LogP) is 3.80. The molecule has 1 aromatic carbocycles. The minimum atomic E-state index is 0. The summed E-state index contributed by atoms with van der Waals surface area (Å²) in [6.45, 7) is 6.35. The van der Waals surface area contributed by atoms with Gasteiger partial charge in [0.05, 0.1) is 23.1 Å². The standard InChI is InChI=1S/C16H17N3OS.ClH/c1-4-19-11(2)15(12(3)20)21-16(19)18-14-7-5-13(6-8-14)9-10-17;/h5-8H,4,9H2,1-3H3;1H. The fourth-order valence-electron chi connectivity index (χ4n) is 2.16. The Bertz CT molecular complexity index is 766. The van der Waals surface area contributed by atoms with Gasteiger partial charge in [-0.25, -0.2) is 4.99 Å². The average molecular weight is 336 g/mol. The molecular formula is C16H18ClN3OS. The largest absolute Gasteiger partial charge is 0.321 e. The highest BCUT2D eigenvalue weighted by Gasteiger charge is 2.12. The van der Waals surface area contributed by atoms with Crippen molar-refractivity contribution in [1.82, 2.24) is 4.57 Å². The molecule has 2 aromatic rings. The number of ketones is 1. The SMILES string of the molecule is CCn1c(C)c(C(C)=O)sc1=Nc1ccc(CC#N)cc1.Cl. The van der Waals surface area contributed by atoms with Gasteiger partial charge >= 0.3 is 0 Å². The van der Waals surface area contributed by atoms with E-state index < -0.39 is 0 Å². The number of thiazole rings is 1. The van der Waals surface area contributed by atoms with E-state index in [0.717, 1.165) is 33.2 Å². The molecule has 0 saturated heterocycles. The maximum absolute atomic E-state index is 11.6. The van der Waals surface area contributed by atoms with E-state index in [2.05, 4.69) is 11.1 Å². The lowest BCUT2D eigenvalue weighted by Gasteiger charge is -2.01. The first kappa shape index (κ1) is 18.1. The number of hydrogen-bond donors (Lipinski definition) is 0. The summed E-state index contributed by atoms with van der Waals surface area (Å²) in [6, 6.07) is 9.74. The van der Waals surface area contributed by atoms with Crippen LogP contribution in [0.1, 0.15) is 34.8 Å². The van der Waals surface area contributed by atoms with E-state index in [0.29, 0.717) is 6.42 Å². The van der Waals surface area contributed by atoms with Crippen molar-refractivity contribution in [2.75, 3.05) is 0 Å². The molecule has 0 saturated carbocycles. The highest BCUT2D eigenvalue weighted by Crippen LogP contribution is 2.16. The molecule has 0 fully saturated rings. The summed E-state index contributed by atoms with van der Waals surface area (Å²) in [7, 11) is 0. The highest BCUT2D eigenvalue weighted by molar-refractivity contribution is 7.11. The van der Waals surface area contributed by atoms with E-state index in [4.69, 9.17) is 5.26 Å². The summed E-state index contributed by atoms with van der Waals surface area (Å²) in [5.41, 5.74) is 2.77. The lowest BCUT2D eigenvalue weighted by Crippen LogP contribution is -2.14. The van der Waals surface area contributed by atoms with Gasteiger partial charge in [0.15, 0.2) is 10.6 Å². The van der Waals surface area contributed by atoms with Crippen LogP contribution in [0.5, 0.6) is 0 Å². The second-order valence-electron chi connectivity index (χ2n) is 4.71.